The van der Waals surface area contributed by atoms with Crippen LogP contribution in [0.1, 0.15) is 16.1 Å². The quantitative estimate of drug-likeness (QED) is 0.771. The number of nitrogens with zero attached hydrogens (tertiary/aromatic N) is 1. The summed E-state index contributed by atoms with van der Waals surface area (Å²) in [6.45, 7) is 1.93. The third kappa shape index (κ3) is 3.02. The predicted molar refractivity (Wildman–Crippen MR) is 86.1 cm³/mol. The van der Waals surface area contributed by atoms with Crippen molar-refractivity contribution in [1.29, 1.82) is 0 Å². The average Bonchev–Trinajstić information content (AvgIpc) is 3.01. The summed E-state index contributed by atoms with van der Waals surface area (Å²) >= 11 is 6.10. The van der Waals surface area contributed by atoms with Gasteiger partial charge in [0.15, 0.2) is 5.69 Å². The normalized spacial score (nSPS) is 10.5. The molecule has 0 fully saturated rings. The van der Waals surface area contributed by atoms with Gasteiger partial charge in [0.05, 0.1) is 10.7 Å². The molecule has 1 N–H and O–H groups in total. The molecule has 1 heterocycles. The van der Waals surface area contributed by atoms with E-state index in [4.69, 9.17) is 16.0 Å². The number of oxazole rings is 1. The zero-order valence-electron chi connectivity index (χ0n) is 11.8. The molecule has 0 bridgehead atoms. The molecule has 0 atom stereocenters. The molecule has 0 aliphatic heterocycles. The maximum Gasteiger partial charge on any atom is 0.277 e. The highest BCUT2D eigenvalue weighted by molar-refractivity contribution is 6.34. The Morgan fingerprint density at radius 3 is 2.68 bits per heavy atom. The maximum atomic E-state index is 12.2. The first-order valence-electron chi connectivity index (χ1n) is 6.72. The van der Waals surface area contributed by atoms with E-state index in [2.05, 4.69) is 10.3 Å². The van der Waals surface area contributed by atoms with Gasteiger partial charge in [-0.25, -0.2) is 4.98 Å². The largest absolute Gasteiger partial charge is 0.444 e. The molecule has 0 unspecified atom stereocenters. The number of anilines is 1. The van der Waals surface area contributed by atoms with Crippen LogP contribution in [0.2, 0.25) is 5.02 Å². The van der Waals surface area contributed by atoms with Gasteiger partial charge in [-0.15, -0.1) is 0 Å². The number of nitrogens with one attached hydrogen (secondary N) is 1. The molecule has 22 heavy (non-hydrogen) atoms. The van der Waals surface area contributed by atoms with E-state index < -0.39 is 0 Å². The van der Waals surface area contributed by atoms with E-state index in [1.165, 1.54) is 6.26 Å². The van der Waals surface area contributed by atoms with Gasteiger partial charge in [0.2, 0.25) is 5.89 Å². The Morgan fingerprint density at radius 1 is 1.18 bits per heavy atom. The minimum atomic E-state index is -0.364. The molecule has 110 valence electrons. The Kier molecular flexibility index (Phi) is 3.94. The highest BCUT2D eigenvalue weighted by Crippen LogP contribution is 2.24. The Hall–Kier alpha value is -2.59. The molecule has 2 aromatic carbocycles. The van der Waals surface area contributed by atoms with Crippen molar-refractivity contribution in [3.63, 3.8) is 0 Å². The van der Waals surface area contributed by atoms with Crippen LogP contribution < -0.4 is 5.32 Å². The van der Waals surface area contributed by atoms with Crippen LogP contribution in [0.25, 0.3) is 11.5 Å². The number of aromatic nitrogens is 1. The molecule has 1 aromatic heterocycles. The number of hydrogen-bond acceptors (Lipinski definition) is 3. The van der Waals surface area contributed by atoms with Crippen molar-refractivity contribution in [3.05, 3.63) is 71.1 Å². The summed E-state index contributed by atoms with van der Waals surface area (Å²) in [6, 6.07) is 14.8. The lowest BCUT2D eigenvalue weighted by Crippen LogP contribution is -2.12. The van der Waals surface area contributed by atoms with Crippen molar-refractivity contribution in [2.24, 2.45) is 0 Å². The van der Waals surface area contributed by atoms with Crippen LogP contribution in [0, 0.1) is 6.92 Å². The molecule has 0 saturated carbocycles. The Morgan fingerprint density at radius 2 is 1.95 bits per heavy atom. The smallest absolute Gasteiger partial charge is 0.277 e. The molecular formula is C17H13ClN2O2. The third-order valence-corrected chi connectivity index (χ3v) is 3.44. The van der Waals surface area contributed by atoms with Gasteiger partial charge in [-0.05, 0) is 36.8 Å². The first-order chi connectivity index (χ1) is 10.6. The molecular weight excluding hydrogens is 300 g/mol. The van der Waals surface area contributed by atoms with Crippen LogP contribution in [0.15, 0.2) is 59.2 Å². The van der Waals surface area contributed by atoms with E-state index in [9.17, 15) is 4.79 Å². The second kappa shape index (κ2) is 6.03. The van der Waals surface area contributed by atoms with Crippen molar-refractivity contribution in [2.45, 2.75) is 6.92 Å². The van der Waals surface area contributed by atoms with Gasteiger partial charge >= 0.3 is 0 Å². The maximum absolute atomic E-state index is 12.2. The fraction of sp³-hybridized carbons (Fsp3) is 0.0588. The number of amides is 1. The molecule has 5 heteroatoms. The SMILES string of the molecule is Cc1ccc(NC(=O)c2coc(-c3ccccc3)n2)c(Cl)c1. The lowest BCUT2D eigenvalue weighted by Gasteiger charge is -2.05. The zero-order chi connectivity index (χ0) is 15.5. The van der Waals surface area contributed by atoms with E-state index in [1.807, 2.05) is 43.3 Å². The average molecular weight is 313 g/mol. The van der Waals surface area contributed by atoms with Gasteiger partial charge in [0.25, 0.3) is 5.91 Å². The van der Waals surface area contributed by atoms with Crippen LogP contribution in [0.5, 0.6) is 0 Å². The summed E-state index contributed by atoms with van der Waals surface area (Å²) in [5.74, 6) is 0.0393. The van der Waals surface area contributed by atoms with E-state index >= 15 is 0 Å². The van der Waals surface area contributed by atoms with Crippen molar-refractivity contribution < 1.29 is 9.21 Å². The molecule has 1 amide bonds. The molecule has 4 nitrogen and oxygen atoms in total. The fourth-order valence-electron chi connectivity index (χ4n) is 2.00. The molecule has 0 radical (unpaired) electrons. The minimum absolute atomic E-state index is 0.204. The van der Waals surface area contributed by atoms with Crippen LogP contribution in [0.4, 0.5) is 5.69 Å². The van der Waals surface area contributed by atoms with E-state index in [0.717, 1.165) is 11.1 Å². The molecule has 3 rings (SSSR count). The molecule has 0 spiro atoms. The number of aryl methyl sites for hydroxylation is 1. The van der Waals surface area contributed by atoms with E-state index in [1.54, 1.807) is 12.1 Å². The Labute approximate surface area is 132 Å². The summed E-state index contributed by atoms with van der Waals surface area (Å²) in [5, 5.41) is 3.21. The first-order valence-corrected chi connectivity index (χ1v) is 7.10. The Bertz CT molecular complexity index is 813. The second-order valence-corrected chi connectivity index (χ2v) is 5.25. The predicted octanol–water partition coefficient (Wildman–Crippen LogP) is 4.56. The van der Waals surface area contributed by atoms with Gasteiger partial charge in [-0.2, -0.15) is 0 Å². The zero-order valence-corrected chi connectivity index (χ0v) is 12.6. The third-order valence-electron chi connectivity index (χ3n) is 3.13. The summed E-state index contributed by atoms with van der Waals surface area (Å²) in [6.07, 6.45) is 1.33. The van der Waals surface area contributed by atoms with Crippen LogP contribution in [-0.4, -0.2) is 10.9 Å². The fourth-order valence-corrected chi connectivity index (χ4v) is 2.28. The molecule has 3 aromatic rings. The van der Waals surface area contributed by atoms with E-state index in [0.29, 0.717) is 16.6 Å². The summed E-state index contributed by atoms with van der Waals surface area (Å²) in [7, 11) is 0. The van der Waals surface area contributed by atoms with Crippen molar-refractivity contribution in [1.82, 2.24) is 4.98 Å². The summed E-state index contributed by atoms with van der Waals surface area (Å²) < 4.78 is 5.35. The van der Waals surface area contributed by atoms with Gasteiger partial charge in [-0.1, -0.05) is 35.9 Å². The number of rotatable bonds is 3. The number of hydrogen-bond donors (Lipinski definition) is 1. The van der Waals surface area contributed by atoms with Gasteiger partial charge in [0, 0.05) is 5.56 Å². The Balaban J connectivity index is 1.80. The van der Waals surface area contributed by atoms with Crippen LogP contribution >= 0.6 is 11.6 Å². The lowest BCUT2D eigenvalue weighted by molar-refractivity contribution is 0.102. The molecule has 0 aliphatic rings. The first kappa shape index (κ1) is 14.4. The van der Waals surface area contributed by atoms with Crippen LogP contribution in [-0.2, 0) is 0 Å². The molecule has 0 saturated heterocycles. The van der Waals surface area contributed by atoms with E-state index in [-0.39, 0.29) is 11.6 Å². The number of halogens is 1. The van der Waals surface area contributed by atoms with Crippen LogP contribution in [0.3, 0.4) is 0 Å². The van der Waals surface area contributed by atoms with Crippen molar-refractivity contribution in [2.75, 3.05) is 5.32 Å². The number of carbonyl (C=O) groups is 1. The molecule has 0 aliphatic carbocycles. The van der Waals surface area contributed by atoms with Crippen molar-refractivity contribution >= 4 is 23.2 Å². The summed E-state index contributed by atoms with van der Waals surface area (Å²) in [5.41, 5.74) is 2.59. The highest BCUT2D eigenvalue weighted by atomic mass is 35.5. The highest BCUT2D eigenvalue weighted by Gasteiger charge is 2.14. The van der Waals surface area contributed by atoms with Gasteiger partial charge in [-0.3, -0.25) is 4.79 Å². The van der Waals surface area contributed by atoms with Gasteiger partial charge < -0.3 is 9.73 Å². The van der Waals surface area contributed by atoms with Gasteiger partial charge in [0.1, 0.15) is 6.26 Å². The lowest BCUT2D eigenvalue weighted by atomic mass is 10.2. The standard InChI is InChI=1S/C17H13ClN2O2/c1-11-7-8-14(13(18)9-11)19-16(21)15-10-22-17(20-15)12-5-3-2-4-6-12/h2-10H,1H3,(H,19,21). The number of benzene rings is 2. The topological polar surface area (TPSA) is 55.1 Å². The van der Waals surface area contributed by atoms with Crippen molar-refractivity contribution in [3.8, 4) is 11.5 Å². The monoisotopic (exact) mass is 312 g/mol. The second-order valence-electron chi connectivity index (χ2n) is 4.84. The number of carbonyl (C=O) groups excluding carboxylic acids is 1. The minimum Gasteiger partial charge on any atom is -0.444 e. The summed E-state index contributed by atoms with van der Waals surface area (Å²) in [4.78, 5) is 16.4.